The second kappa shape index (κ2) is 7.93. The molecule has 0 radical (unpaired) electrons. The molecule has 4 heterocycles. The lowest BCUT2D eigenvalue weighted by Gasteiger charge is -2.09. The molecular formula is C38H22N4. The lowest BCUT2D eigenvalue weighted by atomic mass is 9.99. The molecule has 10 rings (SSSR count). The Balaban J connectivity index is 1.33. The zero-order chi connectivity index (χ0) is 27.4. The quantitative estimate of drug-likeness (QED) is 0.221. The van der Waals surface area contributed by atoms with E-state index in [9.17, 15) is 0 Å². The van der Waals surface area contributed by atoms with Crippen LogP contribution in [-0.4, -0.2) is 18.9 Å². The van der Waals surface area contributed by atoms with Crippen LogP contribution in [0.3, 0.4) is 0 Å². The molecule has 42 heavy (non-hydrogen) atoms. The highest BCUT2D eigenvalue weighted by Gasteiger charge is 2.21. The van der Waals surface area contributed by atoms with E-state index >= 15 is 0 Å². The van der Waals surface area contributed by atoms with Crippen LogP contribution in [0.5, 0.6) is 0 Å². The Hall–Kier alpha value is -5.74. The second-order valence-corrected chi connectivity index (χ2v) is 11.1. The molecule has 6 aromatic carbocycles. The van der Waals surface area contributed by atoms with Gasteiger partial charge in [0.15, 0.2) is 5.65 Å². The van der Waals surface area contributed by atoms with Crippen molar-refractivity contribution in [3.63, 3.8) is 0 Å². The van der Waals surface area contributed by atoms with Crippen LogP contribution in [0.15, 0.2) is 133 Å². The summed E-state index contributed by atoms with van der Waals surface area (Å²) < 4.78 is 4.68. The second-order valence-electron chi connectivity index (χ2n) is 11.1. The molecule has 0 aliphatic heterocycles. The summed E-state index contributed by atoms with van der Waals surface area (Å²) in [6, 6.07) is 47.6. The summed E-state index contributed by atoms with van der Waals surface area (Å²) in [5.41, 5.74) is 12.0. The first kappa shape index (κ1) is 22.0. The summed E-state index contributed by atoms with van der Waals surface area (Å²) in [7, 11) is 0. The molecule has 0 saturated carbocycles. The number of fused-ring (bicyclic) bond motifs is 10. The van der Waals surface area contributed by atoms with Crippen molar-refractivity contribution < 1.29 is 0 Å². The summed E-state index contributed by atoms with van der Waals surface area (Å²) in [6.45, 7) is 0. The minimum Gasteiger partial charge on any atom is -0.309 e. The minimum atomic E-state index is 0.909. The summed E-state index contributed by atoms with van der Waals surface area (Å²) in [4.78, 5) is 10.3. The number of nitrogens with zero attached hydrogens (tertiary/aromatic N) is 4. The van der Waals surface area contributed by atoms with Gasteiger partial charge in [-0.15, -0.1) is 0 Å². The molecule has 10 aromatic rings. The third-order valence-electron chi connectivity index (χ3n) is 8.81. The van der Waals surface area contributed by atoms with E-state index in [1.54, 1.807) is 0 Å². The van der Waals surface area contributed by atoms with Gasteiger partial charge in [0.1, 0.15) is 5.52 Å². The molecule has 0 fully saturated rings. The van der Waals surface area contributed by atoms with E-state index in [1.165, 1.54) is 49.2 Å². The van der Waals surface area contributed by atoms with Gasteiger partial charge >= 0.3 is 0 Å². The Morgan fingerprint density at radius 1 is 0.429 bits per heavy atom. The zero-order valence-corrected chi connectivity index (χ0v) is 22.5. The predicted octanol–water partition coefficient (Wildman–Crippen LogP) is 9.54. The molecule has 4 nitrogen and oxygen atoms in total. The first-order valence-corrected chi connectivity index (χ1v) is 14.3. The minimum absolute atomic E-state index is 0.909. The largest absolute Gasteiger partial charge is 0.309 e. The van der Waals surface area contributed by atoms with Crippen molar-refractivity contribution in [2.24, 2.45) is 0 Å². The Labute approximate surface area is 240 Å². The van der Waals surface area contributed by atoms with Gasteiger partial charge in [-0.05, 0) is 65.7 Å². The zero-order valence-electron chi connectivity index (χ0n) is 22.5. The topological polar surface area (TPSA) is 35.1 Å². The van der Waals surface area contributed by atoms with Gasteiger partial charge in [-0.25, -0.2) is 9.97 Å². The monoisotopic (exact) mass is 534 g/mol. The van der Waals surface area contributed by atoms with Gasteiger partial charge in [-0.2, -0.15) is 0 Å². The molecule has 0 aliphatic rings. The van der Waals surface area contributed by atoms with Gasteiger partial charge in [-0.1, -0.05) is 78.9 Å². The molecule has 0 amide bonds. The number of para-hydroxylation sites is 5. The average molecular weight is 535 g/mol. The number of hydrogen-bond acceptors (Lipinski definition) is 2. The van der Waals surface area contributed by atoms with Crippen LogP contribution in [0.4, 0.5) is 0 Å². The van der Waals surface area contributed by atoms with Crippen LogP contribution in [0.2, 0.25) is 0 Å². The molecule has 0 atom stereocenters. The Kier molecular flexibility index (Phi) is 4.15. The molecule has 0 spiro atoms. The Morgan fingerprint density at radius 3 is 1.90 bits per heavy atom. The van der Waals surface area contributed by atoms with Crippen LogP contribution in [-0.2, 0) is 0 Å². The molecule has 4 heteroatoms. The number of hydrogen-bond donors (Lipinski definition) is 0. The first-order valence-electron chi connectivity index (χ1n) is 14.3. The molecule has 0 saturated heterocycles. The summed E-state index contributed by atoms with van der Waals surface area (Å²) in [5.74, 6) is 0. The predicted molar refractivity (Wildman–Crippen MR) is 174 cm³/mol. The van der Waals surface area contributed by atoms with E-state index in [2.05, 4.69) is 118 Å². The van der Waals surface area contributed by atoms with Crippen molar-refractivity contribution in [1.82, 2.24) is 18.9 Å². The molecule has 0 bridgehead atoms. The van der Waals surface area contributed by atoms with E-state index in [-0.39, 0.29) is 0 Å². The van der Waals surface area contributed by atoms with Crippen molar-refractivity contribution >= 4 is 71.2 Å². The van der Waals surface area contributed by atoms with Crippen molar-refractivity contribution in [2.45, 2.75) is 0 Å². The summed E-state index contributed by atoms with van der Waals surface area (Å²) >= 11 is 0. The molecular weight excluding hydrogens is 512 g/mol. The van der Waals surface area contributed by atoms with Crippen molar-refractivity contribution in [3.05, 3.63) is 133 Å². The van der Waals surface area contributed by atoms with Crippen LogP contribution >= 0.6 is 0 Å². The first-order chi connectivity index (χ1) is 20.8. The number of rotatable bonds is 2. The SMILES string of the molecule is c1ccc(-n2c3ccccc3c3ccc(-c4cc5c6ccccc6n6c7nc8ccccc8nc7c(c4)c56)cc32)cc1. The van der Waals surface area contributed by atoms with Crippen LogP contribution in [0.1, 0.15) is 0 Å². The van der Waals surface area contributed by atoms with E-state index < -0.39 is 0 Å². The van der Waals surface area contributed by atoms with E-state index in [0.29, 0.717) is 0 Å². The van der Waals surface area contributed by atoms with Gasteiger partial charge < -0.3 is 4.57 Å². The van der Waals surface area contributed by atoms with Gasteiger partial charge in [0, 0.05) is 32.6 Å². The lowest BCUT2D eigenvalue weighted by Crippen LogP contribution is -1.93. The molecule has 0 unspecified atom stereocenters. The highest BCUT2D eigenvalue weighted by atomic mass is 15.0. The molecule has 4 aromatic heterocycles. The number of benzene rings is 6. The van der Waals surface area contributed by atoms with Gasteiger partial charge in [0.05, 0.1) is 33.1 Å². The van der Waals surface area contributed by atoms with Crippen LogP contribution in [0, 0.1) is 0 Å². The average Bonchev–Trinajstić information content (AvgIpc) is 3.68. The van der Waals surface area contributed by atoms with Crippen LogP contribution in [0.25, 0.3) is 88.0 Å². The maximum absolute atomic E-state index is 5.15. The van der Waals surface area contributed by atoms with E-state index in [0.717, 1.165) is 38.8 Å². The number of aromatic nitrogens is 4. The summed E-state index contributed by atoms with van der Waals surface area (Å²) in [5, 5.41) is 6.11. The van der Waals surface area contributed by atoms with Crippen molar-refractivity contribution in [2.75, 3.05) is 0 Å². The smallest absolute Gasteiger partial charge is 0.165 e. The Bertz CT molecular complexity index is 2680. The standard InChI is InChI=1S/C38H22N4/c1-2-10-25(11-3-1)41-33-16-8-4-12-26(33)28-19-18-23(22-35(28)41)24-20-29-27-13-5-9-17-34(27)42-37(29)30(21-24)36-38(42)40-32-15-7-6-14-31(32)39-36/h1-22H. The maximum atomic E-state index is 5.15. The molecule has 0 aliphatic carbocycles. The highest BCUT2D eigenvalue weighted by molar-refractivity contribution is 6.23. The van der Waals surface area contributed by atoms with Crippen molar-refractivity contribution in [3.8, 4) is 16.8 Å². The summed E-state index contributed by atoms with van der Waals surface area (Å²) in [6.07, 6.45) is 0. The van der Waals surface area contributed by atoms with E-state index in [4.69, 9.17) is 9.97 Å². The van der Waals surface area contributed by atoms with Gasteiger partial charge in [0.25, 0.3) is 0 Å². The highest BCUT2D eigenvalue weighted by Crippen LogP contribution is 2.42. The Morgan fingerprint density at radius 2 is 1.07 bits per heavy atom. The van der Waals surface area contributed by atoms with Gasteiger partial charge in [-0.3, -0.25) is 4.40 Å². The normalized spacial score (nSPS) is 12.3. The molecule has 194 valence electrons. The third-order valence-corrected chi connectivity index (χ3v) is 8.81. The fourth-order valence-corrected chi connectivity index (χ4v) is 7.00. The lowest BCUT2D eigenvalue weighted by molar-refractivity contribution is 1.18. The van der Waals surface area contributed by atoms with Crippen LogP contribution < -0.4 is 0 Å². The van der Waals surface area contributed by atoms with Gasteiger partial charge in [0.2, 0.25) is 0 Å². The van der Waals surface area contributed by atoms with Crippen molar-refractivity contribution in [1.29, 1.82) is 0 Å². The fourth-order valence-electron chi connectivity index (χ4n) is 7.00. The van der Waals surface area contributed by atoms with E-state index in [1.807, 2.05) is 24.3 Å². The third kappa shape index (κ3) is 2.80. The maximum Gasteiger partial charge on any atom is 0.165 e. The molecule has 0 N–H and O–H groups in total. The fraction of sp³-hybridized carbons (Fsp3) is 0.